The first-order chi connectivity index (χ1) is 16.0. The van der Waals surface area contributed by atoms with Crippen molar-refractivity contribution in [1.29, 1.82) is 0 Å². The molecule has 0 spiro atoms. The van der Waals surface area contributed by atoms with Crippen molar-refractivity contribution in [3.63, 3.8) is 0 Å². The lowest BCUT2D eigenvalue weighted by Gasteiger charge is -2.12. The van der Waals surface area contributed by atoms with Crippen molar-refractivity contribution in [2.45, 2.75) is 45.6 Å². The molecule has 0 fully saturated rings. The number of carbonyl (C=O) groups is 1. The summed E-state index contributed by atoms with van der Waals surface area (Å²) in [4.78, 5) is 20.7. The standard InChI is InChI=1S/C24H27N5O3S2/c1-13(2)29-23-20(12-26-29)19(11-21(28-23)18-9-15(4)33-16(18)5)24(30)27-17-8-7-14(3)22(10-17)34(31,32)25-6/h7-13,25H,1-6H3,(H,27,30). The summed E-state index contributed by atoms with van der Waals surface area (Å²) in [6.45, 7) is 9.81. The number of hydrogen-bond donors (Lipinski definition) is 2. The molecule has 0 aliphatic carbocycles. The van der Waals surface area contributed by atoms with Gasteiger partial charge in [-0.2, -0.15) is 5.10 Å². The Kier molecular flexibility index (Phi) is 6.32. The number of carbonyl (C=O) groups excluding carboxylic acids is 1. The number of sulfonamides is 1. The molecule has 3 aromatic heterocycles. The van der Waals surface area contributed by atoms with Crippen LogP contribution in [0.2, 0.25) is 0 Å². The van der Waals surface area contributed by atoms with Crippen LogP contribution in [0.15, 0.2) is 41.4 Å². The molecule has 0 saturated heterocycles. The number of aromatic nitrogens is 3. The Morgan fingerprint density at radius 1 is 1.12 bits per heavy atom. The molecule has 1 amide bonds. The lowest BCUT2D eigenvalue weighted by Crippen LogP contribution is -2.20. The number of aryl methyl sites for hydroxylation is 3. The summed E-state index contributed by atoms with van der Waals surface area (Å²) < 4.78 is 28.9. The fourth-order valence-corrected chi connectivity index (χ4v) is 5.81. The van der Waals surface area contributed by atoms with Crippen LogP contribution in [0.5, 0.6) is 0 Å². The molecule has 0 atom stereocenters. The van der Waals surface area contributed by atoms with E-state index in [1.165, 1.54) is 13.1 Å². The Labute approximate surface area is 203 Å². The van der Waals surface area contributed by atoms with Gasteiger partial charge in [0.2, 0.25) is 10.0 Å². The molecular weight excluding hydrogens is 470 g/mol. The van der Waals surface area contributed by atoms with E-state index >= 15 is 0 Å². The summed E-state index contributed by atoms with van der Waals surface area (Å²) in [7, 11) is -2.30. The van der Waals surface area contributed by atoms with Crippen molar-refractivity contribution in [1.82, 2.24) is 19.5 Å². The Balaban J connectivity index is 1.83. The highest BCUT2D eigenvalue weighted by atomic mass is 32.2. The third-order valence-electron chi connectivity index (χ3n) is 5.62. The molecule has 178 valence electrons. The Hall–Kier alpha value is -3.08. The molecule has 4 aromatic rings. The molecule has 4 rings (SSSR count). The molecule has 1 aromatic carbocycles. The number of nitrogens with zero attached hydrogens (tertiary/aromatic N) is 3. The van der Waals surface area contributed by atoms with E-state index < -0.39 is 10.0 Å². The van der Waals surface area contributed by atoms with Gasteiger partial charge in [0.05, 0.1) is 27.7 Å². The smallest absolute Gasteiger partial charge is 0.256 e. The maximum absolute atomic E-state index is 13.5. The van der Waals surface area contributed by atoms with Gasteiger partial charge in [0, 0.05) is 27.0 Å². The minimum Gasteiger partial charge on any atom is -0.322 e. The summed E-state index contributed by atoms with van der Waals surface area (Å²) in [6, 6.07) is 8.72. The summed E-state index contributed by atoms with van der Waals surface area (Å²) >= 11 is 1.68. The zero-order valence-corrected chi connectivity index (χ0v) is 21.6. The average Bonchev–Trinajstić information content (AvgIpc) is 3.36. The second kappa shape index (κ2) is 8.94. The number of pyridine rings is 1. The quantitative estimate of drug-likeness (QED) is 0.397. The largest absolute Gasteiger partial charge is 0.322 e. The van der Waals surface area contributed by atoms with Crippen LogP contribution in [0.1, 0.15) is 45.6 Å². The predicted molar refractivity (Wildman–Crippen MR) is 136 cm³/mol. The molecule has 3 heterocycles. The lowest BCUT2D eigenvalue weighted by molar-refractivity contribution is 0.102. The summed E-state index contributed by atoms with van der Waals surface area (Å²) in [5, 5.41) is 7.96. The third kappa shape index (κ3) is 4.36. The van der Waals surface area contributed by atoms with Crippen LogP contribution in [0, 0.1) is 20.8 Å². The molecule has 0 aliphatic rings. The first-order valence-corrected chi connectivity index (χ1v) is 13.1. The molecule has 8 nitrogen and oxygen atoms in total. The molecule has 34 heavy (non-hydrogen) atoms. The van der Waals surface area contributed by atoms with Gasteiger partial charge in [-0.3, -0.25) is 4.79 Å². The second-order valence-corrected chi connectivity index (χ2v) is 11.8. The Bertz CT molecular complexity index is 1520. The van der Waals surface area contributed by atoms with Crippen molar-refractivity contribution in [3.8, 4) is 11.3 Å². The minimum atomic E-state index is -3.66. The molecule has 0 aliphatic heterocycles. The number of rotatable bonds is 6. The molecule has 0 saturated carbocycles. The van der Waals surface area contributed by atoms with E-state index in [9.17, 15) is 13.2 Å². The van der Waals surface area contributed by atoms with E-state index in [1.807, 2.05) is 27.7 Å². The van der Waals surface area contributed by atoms with Gasteiger partial charge in [-0.05, 0) is 71.5 Å². The minimum absolute atomic E-state index is 0.0628. The van der Waals surface area contributed by atoms with Crippen LogP contribution < -0.4 is 10.0 Å². The van der Waals surface area contributed by atoms with E-state index in [2.05, 4.69) is 21.2 Å². The number of benzene rings is 1. The molecular formula is C24H27N5O3S2. The first-order valence-electron chi connectivity index (χ1n) is 10.8. The normalized spacial score (nSPS) is 12.0. The topological polar surface area (TPSA) is 106 Å². The molecule has 0 radical (unpaired) electrons. The lowest BCUT2D eigenvalue weighted by atomic mass is 10.1. The number of anilines is 1. The third-order valence-corrected chi connectivity index (χ3v) is 8.14. The average molecular weight is 498 g/mol. The second-order valence-electron chi connectivity index (χ2n) is 8.44. The highest BCUT2D eigenvalue weighted by Gasteiger charge is 2.21. The van der Waals surface area contributed by atoms with Crippen molar-refractivity contribution < 1.29 is 13.2 Å². The number of fused-ring (bicyclic) bond motifs is 1. The van der Waals surface area contributed by atoms with Crippen LogP contribution in [-0.2, 0) is 10.0 Å². The van der Waals surface area contributed by atoms with Crippen LogP contribution in [-0.4, -0.2) is 36.1 Å². The van der Waals surface area contributed by atoms with E-state index in [1.54, 1.807) is 47.3 Å². The number of hydrogen-bond acceptors (Lipinski definition) is 6. The van der Waals surface area contributed by atoms with Gasteiger partial charge in [0.15, 0.2) is 5.65 Å². The van der Waals surface area contributed by atoms with Crippen molar-refractivity contribution in [2.75, 3.05) is 12.4 Å². The first kappa shape index (κ1) is 24.1. The van der Waals surface area contributed by atoms with E-state index in [-0.39, 0.29) is 16.8 Å². The highest BCUT2D eigenvalue weighted by Crippen LogP contribution is 2.33. The van der Waals surface area contributed by atoms with Crippen LogP contribution >= 0.6 is 11.3 Å². The fraction of sp³-hybridized carbons (Fsp3) is 0.292. The van der Waals surface area contributed by atoms with Crippen LogP contribution in [0.4, 0.5) is 5.69 Å². The van der Waals surface area contributed by atoms with Gasteiger partial charge >= 0.3 is 0 Å². The van der Waals surface area contributed by atoms with Gasteiger partial charge in [0.1, 0.15) is 0 Å². The van der Waals surface area contributed by atoms with Gasteiger partial charge in [-0.15, -0.1) is 11.3 Å². The van der Waals surface area contributed by atoms with Crippen molar-refractivity contribution in [2.24, 2.45) is 0 Å². The van der Waals surface area contributed by atoms with Crippen molar-refractivity contribution in [3.05, 3.63) is 57.4 Å². The number of amides is 1. The maximum Gasteiger partial charge on any atom is 0.256 e. The van der Waals surface area contributed by atoms with Gasteiger partial charge < -0.3 is 5.32 Å². The molecule has 0 unspecified atom stereocenters. The fourth-order valence-electron chi connectivity index (χ4n) is 3.88. The number of nitrogens with one attached hydrogen (secondary N) is 2. The van der Waals surface area contributed by atoms with Crippen LogP contribution in [0.25, 0.3) is 22.3 Å². The van der Waals surface area contributed by atoms with Gasteiger partial charge in [0.25, 0.3) is 5.91 Å². The zero-order chi connectivity index (χ0) is 24.8. The zero-order valence-electron chi connectivity index (χ0n) is 19.9. The van der Waals surface area contributed by atoms with Crippen LogP contribution in [0.3, 0.4) is 0 Å². The predicted octanol–water partition coefficient (Wildman–Crippen LogP) is 4.83. The maximum atomic E-state index is 13.5. The SMILES string of the molecule is CNS(=O)(=O)c1cc(NC(=O)c2cc(-c3cc(C)sc3C)nc3c2cnn3C(C)C)ccc1C. The summed E-state index contributed by atoms with van der Waals surface area (Å²) in [6.07, 6.45) is 1.65. The Morgan fingerprint density at radius 3 is 2.47 bits per heavy atom. The van der Waals surface area contributed by atoms with E-state index in [0.717, 1.165) is 15.3 Å². The van der Waals surface area contributed by atoms with Gasteiger partial charge in [-0.1, -0.05) is 6.07 Å². The molecule has 0 bridgehead atoms. The van der Waals surface area contributed by atoms with E-state index in [0.29, 0.717) is 33.5 Å². The summed E-state index contributed by atoms with van der Waals surface area (Å²) in [5.41, 5.74) is 3.70. The number of thiophene rings is 1. The summed E-state index contributed by atoms with van der Waals surface area (Å²) in [5.74, 6) is -0.363. The van der Waals surface area contributed by atoms with Crippen molar-refractivity contribution >= 4 is 44.0 Å². The Morgan fingerprint density at radius 2 is 1.85 bits per heavy atom. The van der Waals surface area contributed by atoms with E-state index in [4.69, 9.17) is 4.98 Å². The monoisotopic (exact) mass is 497 g/mol. The molecule has 2 N–H and O–H groups in total. The molecule has 10 heteroatoms. The highest BCUT2D eigenvalue weighted by molar-refractivity contribution is 7.89. The van der Waals surface area contributed by atoms with Gasteiger partial charge in [-0.25, -0.2) is 22.8 Å².